The number of hydrogen-bond donors (Lipinski definition) is 3. The quantitative estimate of drug-likeness (QED) is 0.249. The first-order valence-corrected chi connectivity index (χ1v) is 17.5. The van der Waals surface area contributed by atoms with Crippen LogP contribution in [0.15, 0.2) is 59.6 Å². The monoisotopic (exact) mass is 670 g/mol. The molecule has 0 radical (unpaired) electrons. The van der Waals surface area contributed by atoms with Crippen molar-refractivity contribution in [1.82, 2.24) is 29.4 Å². The van der Waals surface area contributed by atoms with E-state index in [4.69, 9.17) is 11.6 Å². The number of nitrogens with one attached hydrogen (secondary N) is 2. The Bertz CT molecular complexity index is 1810. The van der Waals surface area contributed by atoms with Gasteiger partial charge in [-0.25, -0.2) is 13.4 Å². The van der Waals surface area contributed by atoms with E-state index in [0.29, 0.717) is 27.5 Å². The van der Waals surface area contributed by atoms with E-state index in [-0.39, 0.29) is 68.6 Å². The number of H-pyrrole nitrogens is 1. The summed E-state index contributed by atoms with van der Waals surface area (Å²) in [6, 6.07) is 15.6. The minimum atomic E-state index is -4.00. The van der Waals surface area contributed by atoms with Crippen LogP contribution in [0, 0.1) is 0 Å². The van der Waals surface area contributed by atoms with Crippen molar-refractivity contribution in [1.29, 1.82) is 0 Å². The zero-order valence-electron chi connectivity index (χ0n) is 24.8. The Morgan fingerprint density at radius 1 is 1.16 bits per heavy atom. The number of hydrogen-bond acceptors (Lipinski definition) is 8. The highest BCUT2D eigenvalue weighted by Gasteiger charge is 2.40. The fourth-order valence-corrected chi connectivity index (χ4v) is 8.57. The lowest BCUT2D eigenvalue weighted by Gasteiger charge is -2.40. The maximum absolute atomic E-state index is 14.0. The van der Waals surface area contributed by atoms with E-state index in [1.54, 1.807) is 34.1 Å². The van der Waals surface area contributed by atoms with Gasteiger partial charge in [0.05, 0.1) is 18.3 Å². The van der Waals surface area contributed by atoms with Gasteiger partial charge in [0.1, 0.15) is 5.03 Å². The number of rotatable bonds is 9. The lowest BCUT2D eigenvalue weighted by atomic mass is 10.1. The van der Waals surface area contributed by atoms with Gasteiger partial charge in [0, 0.05) is 79.0 Å². The molecule has 2 aromatic carbocycles. The lowest BCUT2D eigenvalue weighted by Crippen LogP contribution is -2.57. The van der Waals surface area contributed by atoms with Crippen molar-refractivity contribution < 1.29 is 23.1 Å². The van der Waals surface area contributed by atoms with Crippen LogP contribution in [0.2, 0.25) is 5.02 Å². The van der Waals surface area contributed by atoms with Crippen molar-refractivity contribution in [3.63, 3.8) is 0 Å². The molecule has 2 aromatic heterocycles. The first-order chi connectivity index (χ1) is 21.6. The van der Waals surface area contributed by atoms with Gasteiger partial charge in [0.15, 0.2) is 5.01 Å². The Kier molecular flexibility index (Phi) is 9.27. The van der Waals surface area contributed by atoms with E-state index in [0.717, 1.165) is 22.6 Å². The van der Waals surface area contributed by atoms with Crippen molar-refractivity contribution in [2.24, 2.45) is 0 Å². The molecule has 4 heterocycles. The number of fused-ring (bicyclic) bond motifs is 2. The van der Waals surface area contributed by atoms with Gasteiger partial charge < -0.3 is 25.2 Å². The van der Waals surface area contributed by atoms with Crippen LogP contribution >= 0.6 is 22.9 Å². The second-order valence-electron chi connectivity index (χ2n) is 11.5. The number of aliphatic hydroxyl groups is 1. The second-order valence-corrected chi connectivity index (χ2v) is 14.9. The fourth-order valence-electron chi connectivity index (χ4n) is 5.91. The molecule has 0 bridgehead atoms. The minimum Gasteiger partial charge on any atom is -0.395 e. The molecule has 2 atom stereocenters. The van der Waals surface area contributed by atoms with Gasteiger partial charge in [-0.3, -0.25) is 9.59 Å². The molecule has 3 N–H and O–H groups in total. The third-order valence-electron chi connectivity index (χ3n) is 8.30. The van der Waals surface area contributed by atoms with E-state index in [1.807, 2.05) is 30.3 Å². The topological polar surface area (TPSA) is 139 Å². The largest absolute Gasteiger partial charge is 0.395 e. The number of aromatic amines is 1. The molecule has 0 spiro atoms. The summed E-state index contributed by atoms with van der Waals surface area (Å²) >= 11 is 7.47. The van der Waals surface area contributed by atoms with Gasteiger partial charge in [-0.1, -0.05) is 41.9 Å². The highest BCUT2D eigenvalue weighted by Crippen LogP contribution is 2.29. The third kappa shape index (κ3) is 6.79. The zero-order chi connectivity index (χ0) is 31.7. The Labute approximate surface area is 270 Å². The Morgan fingerprint density at radius 2 is 1.96 bits per heavy atom. The number of piperazine rings is 1. The molecule has 2 unspecified atom stereocenters. The van der Waals surface area contributed by atoms with Gasteiger partial charge >= 0.3 is 0 Å². The summed E-state index contributed by atoms with van der Waals surface area (Å²) in [5.74, 6) is -0.597. The molecule has 6 rings (SSSR count). The van der Waals surface area contributed by atoms with E-state index in [2.05, 4.69) is 22.2 Å². The van der Waals surface area contributed by atoms with Crippen LogP contribution in [0.5, 0.6) is 0 Å². The van der Waals surface area contributed by atoms with Gasteiger partial charge in [0.2, 0.25) is 5.91 Å². The van der Waals surface area contributed by atoms with Gasteiger partial charge in [0.25, 0.3) is 15.9 Å². The molecule has 0 aliphatic carbocycles. The van der Waals surface area contributed by atoms with Gasteiger partial charge in [-0.05, 0) is 36.8 Å². The Balaban J connectivity index is 1.28. The molecule has 1 fully saturated rings. The summed E-state index contributed by atoms with van der Waals surface area (Å²) in [6.45, 7) is 2.96. The predicted molar refractivity (Wildman–Crippen MR) is 173 cm³/mol. The first kappa shape index (κ1) is 31.6. The number of carbonyl (C=O) groups is 2. The first-order valence-electron chi connectivity index (χ1n) is 14.9. The maximum Gasteiger partial charge on any atom is 0.283 e. The van der Waals surface area contributed by atoms with E-state index in [9.17, 15) is 23.1 Å². The molecule has 45 heavy (non-hydrogen) atoms. The maximum atomic E-state index is 14.0. The molecule has 2 aliphatic rings. The molecular formula is C31H35ClN6O5S2. The Hall–Kier alpha value is -3.33. The standard InChI is InChI=1S/C31H35ClN6O5S2/c1-20-13-26-27(17-33-20)44-30(35-26)31(41)38-10-9-37(45(42,43)28-15-22-14-23(32)7-8-25(22)34-28)19-24(38)16-29(40)36(11-12-39)18-21-5-3-2-4-6-21/h2-8,14-15,20,24,33-34,39H,9-13,16-19H2,1H3. The number of thiazole rings is 1. The molecule has 11 nitrogen and oxygen atoms in total. The highest BCUT2D eigenvalue weighted by atomic mass is 35.5. The minimum absolute atomic E-state index is 0.0184. The molecule has 0 saturated carbocycles. The Morgan fingerprint density at radius 3 is 2.73 bits per heavy atom. The molecular weight excluding hydrogens is 636 g/mol. The number of nitrogens with zero attached hydrogens (tertiary/aromatic N) is 4. The smallest absolute Gasteiger partial charge is 0.283 e. The summed E-state index contributed by atoms with van der Waals surface area (Å²) < 4.78 is 29.1. The van der Waals surface area contributed by atoms with Crippen LogP contribution in [0.25, 0.3) is 10.9 Å². The van der Waals surface area contributed by atoms with Gasteiger partial charge in [-0.2, -0.15) is 4.31 Å². The van der Waals surface area contributed by atoms with Crippen LogP contribution in [-0.4, -0.2) is 94.3 Å². The number of halogens is 1. The second kappa shape index (κ2) is 13.2. The van der Waals surface area contributed by atoms with E-state index >= 15 is 0 Å². The average Bonchev–Trinajstić information content (AvgIpc) is 3.65. The van der Waals surface area contributed by atoms with Crippen molar-refractivity contribution >= 4 is 55.7 Å². The molecule has 238 valence electrons. The number of aliphatic hydroxyl groups excluding tert-OH is 1. The summed E-state index contributed by atoms with van der Waals surface area (Å²) in [7, 11) is -4.00. The number of aromatic nitrogens is 2. The van der Waals surface area contributed by atoms with Crippen molar-refractivity contribution in [2.75, 3.05) is 32.8 Å². The summed E-state index contributed by atoms with van der Waals surface area (Å²) in [4.78, 5) is 39.5. The van der Waals surface area contributed by atoms with Crippen molar-refractivity contribution in [3.8, 4) is 0 Å². The van der Waals surface area contributed by atoms with Crippen LogP contribution in [0.1, 0.15) is 39.3 Å². The van der Waals surface area contributed by atoms with Crippen LogP contribution in [0.3, 0.4) is 0 Å². The average molecular weight is 671 g/mol. The lowest BCUT2D eigenvalue weighted by molar-refractivity contribution is -0.133. The molecule has 1 saturated heterocycles. The third-order valence-corrected chi connectivity index (χ3v) is 11.4. The SMILES string of the molecule is CC1Cc2nc(C(=O)N3CCN(S(=O)(=O)c4cc5cc(Cl)ccc5[nH]4)CC3CC(=O)N(CCO)Cc3ccccc3)sc2CN1. The van der Waals surface area contributed by atoms with Crippen molar-refractivity contribution in [2.45, 2.75) is 50.0 Å². The van der Waals surface area contributed by atoms with Gasteiger partial charge in [-0.15, -0.1) is 11.3 Å². The number of carbonyl (C=O) groups excluding carboxylic acids is 2. The number of amides is 2. The molecule has 4 aromatic rings. The van der Waals surface area contributed by atoms with Crippen LogP contribution < -0.4 is 5.32 Å². The number of sulfonamides is 1. The predicted octanol–water partition coefficient (Wildman–Crippen LogP) is 3.24. The van der Waals surface area contributed by atoms with Crippen molar-refractivity contribution in [3.05, 3.63) is 80.8 Å². The number of benzene rings is 2. The highest BCUT2D eigenvalue weighted by molar-refractivity contribution is 7.89. The summed E-state index contributed by atoms with van der Waals surface area (Å²) in [5, 5.41) is 14.6. The normalized spacial score (nSPS) is 19.0. The molecule has 2 amide bonds. The van der Waals surface area contributed by atoms with Crippen LogP contribution in [-0.2, 0) is 34.3 Å². The molecule has 14 heteroatoms. The molecule has 2 aliphatic heterocycles. The van der Waals surface area contributed by atoms with E-state index in [1.165, 1.54) is 15.6 Å². The van der Waals surface area contributed by atoms with Crippen LogP contribution in [0.4, 0.5) is 0 Å². The zero-order valence-corrected chi connectivity index (χ0v) is 27.2. The fraction of sp³-hybridized carbons (Fsp3) is 0.387. The summed E-state index contributed by atoms with van der Waals surface area (Å²) in [6.07, 6.45) is 0.606. The summed E-state index contributed by atoms with van der Waals surface area (Å²) in [5.41, 5.74) is 2.44. The van der Waals surface area contributed by atoms with E-state index < -0.39 is 16.1 Å².